The highest BCUT2D eigenvalue weighted by molar-refractivity contribution is 6.30. The third kappa shape index (κ3) is 3.29. The Kier molecular flexibility index (Phi) is 4.85. The fourth-order valence-electron chi connectivity index (χ4n) is 3.20. The number of aliphatic hydroxyl groups is 1. The number of nitrogens with two attached hydrogens (primary N) is 1. The molecule has 1 aromatic rings. The maximum atomic E-state index is 12.2. The number of halogens is 1. The van der Waals surface area contributed by atoms with Crippen molar-refractivity contribution in [3.63, 3.8) is 0 Å². The highest BCUT2D eigenvalue weighted by Crippen LogP contribution is 2.46. The van der Waals surface area contributed by atoms with Crippen LogP contribution in [-0.4, -0.2) is 35.0 Å². The monoisotopic (exact) mass is 324 g/mol. The van der Waals surface area contributed by atoms with Gasteiger partial charge in [-0.05, 0) is 31.0 Å². The van der Waals surface area contributed by atoms with Gasteiger partial charge < -0.3 is 15.7 Å². The van der Waals surface area contributed by atoms with Crippen molar-refractivity contribution in [2.75, 3.05) is 13.1 Å². The minimum absolute atomic E-state index is 0.0567. The van der Waals surface area contributed by atoms with Gasteiger partial charge in [0.05, 0.1) is 5.60 Å². The van der Waals surface area contributed by atoms with E-state index in [1.165, 1.54) is 0 Å². The summed E-state index contributed by atoms with van der Waals surface area (Å²) in [7, 11) is 0. The number of piperidine rings is 1. The van der Waals surface area contributed by atoms with Crippen LogP contribution in [0.4, 0.5) is 0 Å². The molecule has 0 spiro atoms. The van der Waals surface area contributed by atoms with Crippen LogP contribution in [0.1, 0.15) is 39.2 Å². The quantitative estimate of drug-likeness (QED) is 0.897. The molecule has 4 nitrogen and oxygen atoms in total. The van der Waals surface area contributed by atoms with Crippen LogP contribution < -0.4 is 5.73 Å². The summed E-state index contributed by atoms with van der Waals surface area (Å²) >= 11 is 5.93. The molecule has 0 aliphatic carbocycles. The maximum absolute atomic E-state index is 12.2. The van der Waals surface area contributed by atoms with Crippen LogP contribution in [0.15, 0.2) is 24.3 Å². The average molecular weight is 325 g/mol. The molecule has 1 saturated heterocycles. The van der Waals surface area contributed by atoms with Crippen LogP contribution in [0.5, 0.6) is 0 Å². The number of amides is 1. The fraction of sp³-hybridized carbons (Fsp3) is 0.588. The van der Waals surface area contributed by atoms with E-state index < -0.39 is 11.0 Å². The molecule has 5 heteroatoms. The fourth-order valence-corrected chi connectivity index (χ4v) is 3.33. The Morgan fingerprint density at radius 2 is 2.00 bits per heavy atom. The zero-order valence-corrected chi connectivity index (χ0v) is 14.2. The Morgan fingerprint density at radius 1 is 1.41 bits per heavy atom. The van der Waals surface area contributed by atoms with Crippen LogP contribution in [0, 0.1) is 5.41 Å². The Bertz CT molecular complexity index is 542. The van der Waals surface area contributed by atoms with Crippen molar-refractivity contribution in [1.82, 2.24) is 4.90 Å². The van der Waals surface area contributed by atoms with Crippen LogP contribution in [0.25, 0.3) is 0 Å². The molecule has 1 aromatic carbocycles. The van der Waals surface area contributed by atoms with E-state index in [-0.39, 0.29) is 11.9 Å². The van der Waals surface area contributed by atoms with E-state index in [0.717, 1.165) is 5.56 Å². The zero-order chi connectivity index (χ0) is 16.5. The molecule has 3 N–H and O–H groups in total. The third-order valence-corrected chi connectivity index (χ3v) is 4.87. The summed E-state index contributed by atoms with van der Waals surface area (Å²) in [6.07, 6.45) is 0.849. The first kappa shape index (κ1) is 17.3. The molecule has 0 bridgehead atoms. The molecule has 1 fully saturated rings. The molecule has 122 valence electrons. The summed E-state index contributed by atoms with van der Waals surface area (Å²) in [4.78, 5) is 14.0. The number of hydrogen-bond acceptors (Lipinski definition) is 3. The Balaban J connectivity index is 2.20. The van der Waals surface area contributed by atoms with E-state index in [0.29, 0.717) is 31.0 Å². The summed E-state index contributed by atoms with van der Waals surface area (Å²) in [6.45, 7) is 6.86. The van der Waals surface area contributed by atoms with Gasteiger partial charge in [-0.3, -0.25) is 4.79 Å². The average Bonchev–Trinajstić information content (AvgIpc) is 2.41. The predicted molar refractivity (Wildman–Crippen MR) is 88.6 cm³/mol. The smallest absolute Gasteiger partial charge is 0.224 e. The van der Waals surface area contributed by atoms with Crippen LogP contribution in [0.3, 0.4) is 0 Å². The Hall–Kier alpha value is -1.10. The third-order valence-electron chi connectivity index (χ3n) is 4.62. The summed E-state index contributed by atoms with van der Waals surface area (Å²) in [6, 6.07) is 7.16. The van der Waals surface area contributed by atoms with E-state index in [9.17, 15) is 9.90 Å². The van der Waals surface area contributed by atoms with Crippen LogP contribution in [0.2, 0.25) is 5.02 Å². The minimum atomic E-state index is -0.970. The normalized spacial score (nSPS) is 25.8. The number of carbonyl (C=O) groups is 1. The van der Waals surface area contributed by atoms with Crippen molar-refractivity contribution < 1.29 is 9.90 Å². The van der Waals surface area contributed by atoms with Crippen molar-refractivity contribution in [1.29, 1.82) is 0 Å². The van der Waals surface area contributed by atoms with E-state index in [1.807, 2.05) is 37.8 Å². The molecule has 1 aliphatic rings. The van der Waals surface area contributed by atoms with Gasteiger partial charge in [-0.15, -0.1) is 0 Å². The van der Waals surface area contributed by atoms with Gasteiger partial charge in [0, 0.05) is 36.0 Å². The van der Waals surface area contributed by atoms with Gasteiger partial charge >= 0.3 is 0 Å². The largest absolute Gasteiger partial charge is 0.384 e. The number of nitrogens with zero attached hydrogens (tertiary/aromatic N) is 1. The molecule has 0 radical (unpaired) electrons. The first-order chi connectivity index (χ1) is 10.2. The molecule has 0 saturated carbocycles. The highest BCUT2D eigenvalue weighted by atomic mass is 35.5. The molecule has 1 aliphatic heterocycles. The summed E-state index contributed by atoms with van der Waals surface area (Å²) < 4.78 is 0. The van der Waals surface area contributed by atoms with Gasteiger partial charge in [-0.2, -0.15) is 0 Å². The second-order valence-corrected chi connectivity index (χ2v) is 7.43. The number of rotatable bonds is 3. The van der Waals surface area contributed by atoms with E-state index in [1.54, 1.807) is 12.1 Å². The predicted octanol–water partition coefficient (Wildman–Crippen LogP) is 2.52. The van der Waals surface area contributed by atoms with Gasteiger partial charge in [0.15, 0.2) is 0 Å². The lowest BCUT2D eigenvalue weighted by molar-refractivity contribution is -0.153. The lowest BCUT2D eigenvalue weighted by Gasteiger charge is -2.50. The molecule has 2 rings (SSSR count). The second-order valence-electron chi connectivity index (χ2n) is 7.00. The number of benzene rings is 1. The topological polar surface area (TPSA) is 66.6 Å². The SMILES string of the molecule is CC(N)CC(=O)N1CC[C@@](O)(c2ccc(Cl)cc2)C(C)(C)C1. The summed E-state index contributed by atoms with van der Waals surface area (Å²) in [5.41, 5.74) is 5.14. The molecule has 0 aromatic heterocycles. The summed E-state index contributed by atoms with van der Waals surface area (Å²) in [5, 5.41) is 11.9. The Labute approximate surface area is 137 Å². The van der Waals surface area contributed by atoms with Crippen molar-refractivity contribution >= 4 is 17.5 Å². The van der Waals surface area contributed by atoms with Crippen LogP contribution in [-0.2, 0) is 10.4 Å². The molecule has 22 heavy (non-hydrogen) atoms. The van der Waals surface area contributed by atoms with E-state index in [2.05, 4.69) is 0 Å². The summed E-state index contributed by atoms with van der Waals surface area (Å²) in [5.74, 6) is 0.0567. The van der Waals surface area contributed by atoms with Crippen molar-refractivity contribution in [2.45, 2.75) is 45.3 Å². The van der Waals surface area contributed by atoms with Crippen molar-refractivity contribution in [3.8, 4) is 0 Å². The van der Waals surface area contributed by atoms with Gasteiger partial charge in [0.25, 0.3) is 0 Å². The van der Waals surface area contributed by atoms with Gasteiger partial charge in [-0.25, -0.2) is 0 Å². The number of carbonyl (C=O) groups excluding carboxylic acids is 1. The molecule has 1 unspecified atom stereocenters. The number of hydrogen-bond donors (Lipinski definition) is 2. The van der Waals surface area contributed by atoms with Crippen molar-refractivity contribution in [2.24, 2.45) is 11.1 Å². The molecule has 1 amide bonds. The highest BCUT2D eigenvalue weighted by Gasteiger charge is 2.49. The van der Waals surface area contributed by atoms with E-state index in [4.69, 9.17) is 17.3 Å². The van der Waals surface area contributed by atoms with Crippen molar-refractivity contribution in [3.05, 3.63) is 34.9 Å². The maximum Gasteiger partial charge on any atom is 0.224 e. The standard InChI is InChI=1S/C17H25ClN2O2/c1-12(19)10-15(21)20-9-8-17(22,16(2,3)11-20)13-4-6-14(18)7-5-13/h4-7,12,22H,8-11,19H2,1-3H3/t12?,17-/m1/s1. The number of likely N-dealkylation sites (tertiary alicyclic amines) is 1. The molecule has 2 atom stereocenters. The van der Waals surface area contributed by atoms with Crippen LogP contribution >= 0.6 is 11.6 Å². The molecular formula is C17H25ClN2O2. The van der Waals surface area contributed by atoms with E-state index >= 15 is 0 Å². The van der Waals surface area contributed by atoms with Gasteiger partial charge in [0.1, 0.15) is 0 Å². The van der Waals surface area contributed by atoms with Gasteiger partial charge in [0.2, 0.25) is 5.91 Å². The second kappa shape index (κ2) is 6.19. The molecule has 1 heterocycles. The lowest BCUT2D eigenvalue weighted by Crippen LogP contribution is -2.57. The zero-order valence-electron chi connectivity index (χ0n) is 13.5. The first-order valence-electron chi connectivity index (χ1n) is 7.67. The van der Waals surface area contributed by atoms with Gasteiger partial charge in [-0.1, -0.05) is 37.6 Å². The first-order valence-corrected chi connectivity index (χ1v) is 8.05. The lowest BCUT2D eigenvalue weighted by atomic mass is 9.66. The minimum Gasteiger partial charge on any atom is -0.384 e. The Morgan fingerprint density at radius 3 is 2.50 bits per heavy atom. The molecular weight excluding hydrogens is 300 g/mol.